The second-order valence-corrected chi connectivity index (χ2v) is 6.69. The van der Waals surface area contributed by atoms with Crippen molar-refractivity contribution in [3.8, 4) is 0 Å². The van der Waals surface area contributed by atoms with E-state index in [1.165, 1.54) is 0 Å². The fourth-order valence-electron chi connectivity index (χ4n) is 2.87. The van der Waals surface area contributed by atoms with Gasteiger partial charge in [0.2, 0.25) is 0 Å². The first-order valence-electron chi connectivity index (χ1n) is 9.94. The molecule has 0 aromatic heterocycles. The van der Waals surface area contributed by atoms with Crippen LogP contribution in [0.1, 0.15) is 59.3 Å². The molecule has 2 unspecified atom stereocenters. The zero-order chi connectivity index (χ0) is 18.5. The third-order valence-electron chi connectivity index (χ3n) is 4.48. The van der Waals surface area contributed by atoms with E-state index in [0.29, 0.717) is 26.4 Å². The maximum atomic E-state index is 10.1. The van der Waals surface area contributed by atoms with Gasteiger partial charge in [-0.05, 0) is 19.3 Å². The van der Waals surface area contributed by atoms with E-state index < -0.39 is 18.3 Å². The summed E-state index contributed by atoms with van der Waals surface area (Å²) in [6, 6.07) is 0. The number of aliphatic hydroxyl groups is 2. The summed E-state index contributed by atoms with van der Waals surface area (Å²) >= 11 is 0. The molecular formula is C19H38O6. The first-order valence-corrected chi connectivity index (χ1v) is 9.94. The van der Waals surface area contributed by atoms with E-state index in [1.54, 1.807) is 0 Å². The third kappa shape index (κ3) is 7.89. The van der Waals surface area contributed by atoms with Gasteiger partial charge in [-0.3, -0.25) is 0 Å². The number of ether oxygens (including phenoxy) is 4. The number of hydrogen-bond donors (Lipinski definition) is 2. The van der Waals surface area contributed by atoms with Gasteiger partial charge < -0.3 is 29.2 Å². The van der Waals surface area contributed by atoms with Crippen molar-refractivity contribution < 1.29 is 29.2 Å². The lowest BCUT2D eigenvalue weighted by Gasteiger charge is -2.43. The molecule has 0 amide bonds. The Hall–Kier alpha value is -0.240. The van der Waals surface area contributed by atoms with E-state index in [4.69, 9.17) is 18.9 Å². The van der Waals surface area contributed by atoms with Gasteiger partial charge in [0.25, 0.3) is 0 Å². The van der Waals surface area contributed by atoms with Crippen LogP contribution < -0.4 is 0 Å². The van der Waals surface area contributed by atoms with Crippen LogP contribution in [0.25, 0.3) is 0 Å². The summed E-state index contributed by atoms with van der Waals surface area (Å²) in [4.78, 5) is 0. The molecule has 25 heavy (non-hydrogen) atoms. The van der Waals surface area contributed by atoms with Gasteiger partial charge in [-0.15, -0.1) is 0 Å². The molecule has 0 bridgehead atoms. The van der Waals surface area contributed by atoms with Crippen LogP contribution in [0.3, 0.4) is 0 Å². The molecule has 0 saturated carbocycles. The van der Waals surface area contributed by atoms with Crippen LogP contribution in [0.5, 0.6) is 0 Å². The normalized spacial score (nSPS) is 28.2. The van der Waals surface area contributed by atoms with E-state index in [9.17, 15) is 10.2 Å². The van der Waals surface area contributed by atoms with Crippen molar-refractivity contribution in [1.29, 1.82) is 0 Å². The Labute approximate surface area is 152 Å². The van der Waals surface area contributed by atoms with E-state index in [0.717, 1.165) is 38.5 Å². The number of unbranched alkanes of at least 4 members (excludes halogenated alkanes) is 3. The molecule has 1 heterocycles. The lowest BCUT2D eigenvalue weighted by molar-refractivity contribution is -0.250. The maximum absolute atomic E-state index is 10.1. The second-order valence-electron chi connectivity index (χ2n) is 6.69. The molecule has 0 aromatic carbocycles. The fraction of sp³-hybridized carbons (Fsp3) is 1.00. The minimum Gasteiger partial charge on any atom is -0.394 e. The van der Waals surface area contributed by atoms with Gasteiger partial charge in [0.05, 0.1) is 13.2 Å². The van der Waals surface area contributed by atoms with Gasteiger partial charge in [-0.25, -0.2) is 0 Å². The van der Waals surface area contributed by atoms with Crippen LogP contribution in [0, 0.1) is 0 Å². The highest BCUT2D eigenvalue weighted by atomic mass is 16.6. The summed E-state index contributed by atoms with van der Waals surface area (Å²) in [5.41, 5.74) is 0. The summed E-state index contributed by atoms with van der Waals surface area (Å²) in [6.45, 7) is 8.20. The molecule has 0 spiro atoms. The summed E-state index contributed by atoms with van der Waals surface area (Å²) in [5.74, 6) is 0. The first-order chi connectivity index (χ1) is 12.2. The van der Waals surface area contributed by atoms with Crippen LogP contribution in [-0.4, -0.2) is 73.8 Å². The van der Waals surface area contributed by atoms with Crippen LogP contribution in [0.15, 0.2) is 0 Å². The standard InChI is InChI=1S/C19H38O6/c1-4-7-10-22-16-14-25-17(15(21)13-20)19(24-12-9-6-3)18(16)23-11-8-5-2/h15-21H,4-14H2,1-3H3/t15-,16+,17?,18?,19-/m1/s1. The molecule has 1 saturated heterocycles. The SMILES string of the molecule is CCCCOC1[C@H](OCCCC)C([C@H](O)CO)OC[C@@H]1OCCCC. The third-order valence-corrected chi connectivity index (χ3v) is 4.48. The second kappa shape index (κ2) is 13.9. The molecule has 1 aliphatic heterocycles. The molecular weight excluding hydrogens is 324 g/mol. The largest absolute Gasteiger partial charge is 0.394 e. The van der Waals surface area contributed by atoms with Crippen molar-refractivity contribution in [2.75, 3.05) is 33.0 Å². The molecule has 0 aliphatic carbocycles. The average molecular weight is 363 g/mol. The van der Waals surface area contributed by atoms with E-state index in [1.807, 2.05) is 0 Å². The van der Waals surface area contributed by atoms with E-state index >= 15 is 0 Å². The van der Waals surface area contributed by atoms with Crippen LogP contribution in [0.4, 0.5) is 0 Å². The maximum Gasteiger partial charge on any atom is 0.115 e. The lowest BCUT2D eigenvalue weighted by Crippen LogP contribution is -2.60. The van der Waals surface area contributed by atoms with Gasteiger partial charge in [-0.2, -0.15) is 0 Å². The smallest absolute Gasteiger partial charge is 0.115 e. The van der Waals surface area contributed by atoms with Crippen molar-refractivity contribution in [3.63, 3.8) is 0 Å². The average Bonchev–Trinajstić information content (AvgIpc) is 2.63. The number of rotatable bonds is 14. The summed E-state index contributed by atoms with van der Waals surface area (Å²) in [7, 11) is 0. The van der Waals surface area contributed by atoms with Gasteiger partial charge in [-0.1, -0.05) is 40.0 Å². The summed E-state index contributed by atoms with van der Waals surface area (Å²) in [6.07, 6.45) is 3.51. The predicted octanol–water partition coefficient (Wildman–Crippen LogP) is 2.29. The zero-order valence-corrected chi connectivity index (χ0v) is 16.2. The Balaban J connectivity index is 2.81. The Morgan fingerprint density at radius 2 is 1.40 bits per heavy atom. The van der Waals surface area contributed by atoms with Gasteiger partial charge >= 0.3 is 0 Å². The van der Waals surface area contributed by atoms with Crippen LogP contribution in [-0.2, 0) is 18.9 Å². The predicted molar refractivity (Wildman–Crippen MR) is 96.8 cm³/mol. The minimum atomic E-state index is -0.986. The highest BCUT2D eigenvalue weighted by Crippen LogP contribution is 2.26. The van der Waals surface area contributed by atoms with Crippen molar-refractivity contribution in [2.24, 2.45) is 0 Å². The molecule has 0 aromatic rings. The lowest BCUT2D eigenvalue weighted by atomic mass is 9.95. The van der Waals surface area contributed by atoms with Gasteiger partial charge in [0.15, 0.2) is 0 Å². The van der Waals surface area contributed by atoms with Crippen molar-refractivity contribution in [2.45, 2.75) is 89.8 Å². The monoisotopic (exact) mass is 362 g/mol. The quantitative estimate of drug-likeness (QED) is 0.462. The Morgan fingerprint density at radius 1 is 0.880 bits per heavy atom. The number of aliphatic hydroxyl groups excluding tert-OH is 2. The fourth-order valence-corrected chi connectivity index (χ4v) is 2.87. The summed E-state index contributed by atoms with van der Waals surface area (Å²) < 4.78 is 24.0. The molecule has 150 valence electrons. The Kier molecular flexibility index (Phi) is 12.7. The highest BCUT2D eigenvalue weighted by Gasteiger charge is 2.45. The van der Waals surface area contributed by atoms with Crippen molar-refractivity contribution in [3.05, 3.63) is 0 Å². The van der Waals surface area contributed by atoms with Gasteiger partial charge in [0.1, 0.15) is 30.5 Å². The number of hydrogen-bond acceptors (Lipinski definition) is 6. The van der Waals surface area contributed by atoms with Crippen molar-refractivity contribution in [1.82, 2.24) is 0 Å². The molecule has 5 atom stereocenters. The Morgan fingerprint density at radius 3 is 1.92 bits per heavy atom. The van der Waals surface area contributed by atoms with Crippen LogP contribution >= 0.6 is 0 Å². The summed E-state index contributed by atoms with van der Waals surface area (Å²) in [5, 5.41) is 19.5. The molecule has 6 nitrogen and oxygen atoms in total. The van der Waals surface area contributed by atoms with Crippen LogP contribution in [0.2, 0.25) is 0 Å². The van der Waals surface area contributed by atoms with E-state index in [2.05, 4.69) is 20.8 Å². The molecule has 2 N–H and O–H groups in total. The molecule has 1 aliphatic rings. The first kappa shape index (κ1) is 22.8. The molecule has 1 rings (SSSR count). The zero-order valence-electron chi connectivity index (χ0n) is 16.2. The van der Waals surface area contributed by atoms with Crippen molar-refractivity contribution >= 4 is 0 Å². The molecule has 6 heteroatoms. The highest BCUT2D eigenvalue weighted by molar-refractivity contribution is 4.93. The minimum absolute atomic E-state index is 0.211. The molecule has 1 fully saturated rings. The van der Waals surface area contributed by atoms with E-state index in [-0.39, 0.29) is 18.8 Å². The molecule has 0 radical (unpaired) electrons. The topological polar surface area (TPSA) is 77.4 Å². The Bertz CT molecular complexity index is 314. The van der Waals surface area contributed by atoms with Gasteiger partial charge in [0, 0.05) is 19.8 Å².